The van der Waals surface area contributed by atoms with Gasteiger partial charge in [-0.3, -0.25) is 14.6 Å². The zero-order chi connectivity index (χ0) is 22.5. The van der Waals surface area contributed by atoms with Crippen LogP contribution < -0.4 is 0 Å². The van der Waals surface area contributed by atoms with Gasteiger partial charge in [0.05, 0.1) is 17.5 Å². The lowest BCUT2D eigenvalue weighted by Crippen LogP contribution is -2.43. The number of aromatic nitrogens is 2. The highest BCUT2D eigenvalue weighted by Crippen LogP contribution is 2.24. The number of nitrogens with zero attached hydrogens (tertiary/aromatic N) is 2. The summed E-state index contributed by atoms with van der Waals surface area (Å²) < 4.78 is 5.08. The number of amides is 1. The Morgan fingerprint density at radius 3 is 2.61 bits per heavy atom. The number of aromatic amines is 1. The van der Waals surface area contributed by atoms with E-state index in [2.05, 4.69) is 9.97 Å². The molecule has 3 rings (SSSR count). The van der Waals surface area contributed by atoms with Gasteiger partial charge in [0.1, 0.15) is 5.69 Å². The smallest absolute Gasteiger partial charge is 0.355 e. The van der Waals surface area contributed by atoms with Crippen LogP contribution in [0.15, 0.2) is 42.0 Å². The van der Waals surface area contributed by atoms with Crippen molar-refractivity contribution < 1.29 is 19.1 Å². The third kappa shape index (κ3) is 4.74. The third-order valence-corrected chi connectivity index (χ3v) is 5.94. The molecule has 7 nitrogen and oxygen atoms in total. The van der Waals surface area contributed by atoms with Crippen LogP contribution in [-0.2, 0) is 11.3 Å². The summed E-state index contributed by atoms with van der Waals surface area (Å²) >= 11 is 1.33. The Morgan fingerprint density at radius 1 is 1.23 bits per heavy atom. The second-order valence-corrected chi connectivity index (χ2v) is 8.11. The Morgan fingerprint density at radius 2 is 2.00 bits per heavy atom. The number of carbonyl (C=O) groups excluding carboxylic acids is 3. The zero-order valence-electron chi connectivity index (χ0n) is 18.0. The van der Waals surface area contributed by atoms with Gasteiger partial charge in [-0.1, -0.05) is 12.1 Å². The second kappa shape index (κ2) is 9.70. The number of ether oxygens (including phenoxy) is 1. The monoisotopic (exact) mass is 439 g/mol. The van der Waals surface area contributed by atoms with Crippen molar-refractivity contribution in [2.45, 2.75) is 40.3 Å². The highest BCUT2D eigenvalue weighted by molar-refractivity contribution is 7.12. The molecular formula is C23H25N3O4S. The van der Waals surface area contributed by atoms with E-state index < -0.39 is 12.0 Å². The molecule has 0 aliphatic carbocycles. The minimum Gasteiger partial charge on any atom is -0.461 e. The molecule has 0 aliphatic heterocycles. The van der Waals surface area contributed by atoms with Crippen molar-refractivity contribution in [2.75, 3.05) is 6.61 Å². The fourth-order valence-corrected chi connectivity index (χ4v) is 4.17. The van der Waals surface area contributed by atoms with Gasteiger partial charge in [-0.25, -0.2) is 4.79 Å². The minimum atomic E-state index is -0.752. The second-order valence-electron chi connectivity index (χ2n) is 7.16. The molecule has 3 heterocycles. The molecule has 0 aromatic carbocycles. The predicted molar refractivity (Wildman–Crippen MR) is 118 cm³/mol. The van der Waals surface area contributed by atoms with Crippen molar-refractivity contribution in [1.29, 1.82) is 0 Å². The van der Waals surface area contributed by atoms with Gasteiger partial charge in [0, 0.05) is 30.2 Å². The molecule has 0 spiro atoms. The maximum absolute atomic E-state index is 13.5. The number of thiophene rings is 1. The first-order valence-electron chi connectivity index (χ1n) is 9.99. The van der Waals surface area contributed by atoms with E-state index in [1.807, 2.05) is 11.4 Å². The van der Waals surface area contributed by atoms with E-state index in [0.717, 1.165) is 5.56 Å². The number of H-pyrrole nitrogens is 1. The van der Waals surface area contributed by atoms with E-state index in [9.17, 15) is 14.4 Å². The molecule has 0 radical (unpaired) electrons. The highest BCUT2D eigenvalue weighted by atomic mass is 32.1. The number of hydrogen-bond acceptors (Lipinski definition) is 6. The van der Waals surface area contributed by atoms with Gasteiger partial charge >= 0.3 is 5.97 Å². The number of rotatable bonds is 8. The van der Waals surface area contributed by atoms with Crippen molar-refractivity contribution in [2.24, 2.45) is 0 Å². The average Bonchev–Trinajstić information content (AvgIpc) is 3.40. The summed E-state index contributed by atoms with van der Waals surface area (Å²) in [5.41, 5.74) is 2.59. The number of Topliss-reactive ketones (excluding diaryl/α,β-unsaturated/α-hetero) is 1. The molecule has 162 valence electrons. The molecule has 3 aromatic heterocycles. The van der Waals surface area contributed by atoms with Gasteiger partial charge in [0.15, 0.2) is 5.78 Å². The summed E-state index contributed by atoms with van der Waals surface area (Å²) in [6.45, 7) is 7.36. The van der Waals surface area contributed by atoms with Crippen LogP contribution in [0.3, 0.4) is 0 Å². The quantitative estimate of drug-likeness (QED) is 0.420. The van der Waals surface area contributed by atoms with Gasteiger partial charge in [0.2, 0.25) is 0 Å². The fourth-order valence-electron chi connectivity index (χ4n) is 3.49. The van der Waals surface area contributed by atoms with Crippen LogP contribution in [0.4, 0.5) is 0 Å². The van der Waals surface area contributed by atoms with Crippen LogP contribution >= 0.6 is 11.3 Å². The molecule has 0 bridgehead atoms. The van der Waals surface area contributed by atoms with Gasteiger partial charge in [0.25, 0.3) is 5.91 Å². The molecule has 31 heavy (non-hydrogen) atoms. The minimum absolute atomic E-state index is 0.226. The lowest BCUT2D eigenvalue weighted by molar-refractivity contribution is 0.0518. The molecule has 8 heteroatoms. The molecule has 3 aromatic rings. The number of aryl methyl sites for hydroxylation is 1. The maximum Gasteiger partial charge on any atom is 0.355 e. The summed E-state index contributed by atoms with van der Waals surface area (Å²) in [6, 6.07) is 6.45. The first-order chi connectivity index (χ1) is 14.8. The number of esters is 1. The SMILES string of the molecule is CCOC(=O)c1[nH]c(C)c(C(=O)C(C)N(Cc2cccnc2)C(=O)c2cccs2)c1C. The first-order valence-corrected chi connectivity index (χ1v) is 10.9. The molecular weight excluding hydrogens is 414 g/mol. The Kier molecular flexibility index (Phi) is 7.02. The van der Waals surface area contributed by atoms with Gasteiger partial charge in [-0.15, -0.1) is 11.3 Å². The third-order valence-electron chi connectivity index (χ3n) is 5.08. The molecule has 0 saturated heterocycles. The van der Waals surface area contributed by atoms with Crippen LogP contribution in [0, 0.1) is 13.8 Å². The van der Waals surface area contributed by atoms with Crippen molar-refractivity contribution in [3.63, 3.8) is 0 Å². The van der Waals surface area contributed by atoms with Crippen molar-refractivity contribution in [1.82, 2.24) is 14.9 Å². The Bertz CT molecular complexity index is 1070. The lowest BCUT2D eigenvalue weighted by Gasteiger charge is -2.28. The molecule has 0 fully saturated rings. The van der Waals surface area contributed by atoms with Gasteiger partial charge < -0.3 is 14.6 Å². The van der Waals surface area contributed by atoms with E-state index in [-0.39, 0.29) is 30.5 Å². The van der Waals surface area contributed by atoms with E-state index in [1.165, 1.54) is 11.3 Å². The van der Waals surface area contributed by atoms with Gasteiger partial charge in [-0.2, -0.15) is 0 Å². The lowest BCUT2D eigenvalue weighted by atomic mass is 9.99. The van der Waals surface area contributed by atoms with E-state index in [4.69, 9.17) is 4.74 Å². The molecule has 1 N–H and O–H groups in total. The molecule has 1 atom stereocenters. The number of carbonyl (C=O) groups is 3. The molecule has 0 saturated carbocycles. The number of nitrogens with one attached hydrogen (secondary N) is 1. The highest BCUT2D eigenvalue weighted by Gasteiger charge is 2.32. The standard InChI is InChI=1S/C23H25N3O4S/c1-5-30-23(29)20-14(2)19(15(3)25-20)21(27)16(4)26(13-17-8-6-10-24-12-17)22(28)18-9-7-11-31-18/h6-12,16,25H,5,13H2,1-4H3. The topological polar surface area (TPSA) is 92.4 Å². The zero-order valence-corrected chi connectivity index (χ0v) is 18.8. The average molecular weight is 440 g/mol. The summed E-state index contributed by atoms with van der Waals surface area (Å²) in [5, 5.41) is 1.83. The molecule has 1 unspecified atom stereocenters. The van der Waals surface area contributed by atoms with Crippen LogP contribution in [0.5, 0.6) is 0 Å². The van der Waals surface area contributed by atoms with Crippen LogP contribution in [0.2, 0.25) is 0 Å². The van der Waals surface area contributed by atoms with Crippen LogP contribution in [-0.4, -0.2) is 45.2 Å². The van der Waals surface area contributed by atoms with Crippen molar-refractivity contribution >= 4 is 29.0 Å². The normalized spacial score (nSPS) is 11.7. The largest absolute Gasteiger partial charge is 0.461 e. The number of hydrogen-bond donors (Lipinski definition) is 1. The van der Waals surface area contributed by atoms with Crippen LogP contribution in [0.1, 0.15) is 61.2 Å². The summed E-state index contributed by atoms with van der Waals surface area (Å²) in [7, 11) is 0. The van der Waals surface area contributed by atoms with Gasteiger partial charge in [-0.05, 0) is 56.3 Å². The predicted octanol–water partition coefficient (Wildman–Crippen LogP) is 4.18. The Hall–Kier alpha value is -3.26. The van der Waals surface area contributed by atoms with E-state index in [0.29, 0.717) is 21.7 Å². The van der Waals surface area contributed by atoms with Crippen molar-refractivity contribution in [3.8, 4) is 0 Å². The Labute approximate surface area is 185 Å². The van der Waals surface area contributed by atoms with Crippen LogP contribution in [0.25, 0.3) is 0 Å². The fraction of sp³-hybridized carbons (Fsp3) is 0.304. The summed E-state index contributed by atoms with van der Waals surface area (Å²) in [4.78, 5) is 48.2. The number of ketones is 1. The Balaban J connectivity index is 1.95. The summed E-state index contributed by atoms with van der Waals surface area (Å²) in [5.74, 6) is -0.969. The first kappa shape index (κ1) is 22.4. The van der Waals surface area contributed by atoms with E-state index in [1.54, 1.807) is 63.2 Å². The van der Waals surface area contributed by atoms with Crippen molar-refractivity contribution in [3.05, 3.63) is 75.0 Å². The molecule has 1 amide bonds. The summed E-state index contributed by atoms with van der Waals surface area (Å²) in [6.07, 6.45) is 3.34. The van der Waals surface area contributed by atoms with E-state index >= 15 is 0 Å². The number of pyridine rings is 1. The maximum atomic E-state index is 13.5. The molecule has 0 aliphatic rings.